The normalized spacial score (nSPS) is 33.8. The molecule has 4 heteroatoms. The van der Waals surface area contributed by atoms with Crippen LogP contribution in [0.5, 0.6) is 0 Å². The van der Waals surface area contributed by atoms with Crippen LogP contribution in [0.25, 0.3) is 0 Å². The summed E-state index contributed by atoms with van der Waals surface area (Å²) in [4.78, 5) is 10.6. The van der Waals surface area contributed by atoms with Crippen LogP contribution in [-0.4, -0.2) is 22.5 Å². The maximum atomic E-state index is 10.6. The summed E-state index contributed by atoms with van der Waals surface area (Å²) in [5, 5.41) is -0.300. The maximum Gasteiger partial charge on any atom is 0.234 e. The van der Waals surface area contributed by atoms with Crippen molar-refractivity contribution < 1.29 is 9.53 Å². The van der Waals surface area contributed by atoms with Crippen molar-refractivity contribution in [2.45, 2.75) is 24.0 Å². The number of hydrogen-bond donors (Lipinski definition) is 0. The lowest BCUT2D eigenvalue weighted by Gasteiger charge is -2.23. The zero-order chi connectivity index (χ0) is 7.56. The van der Waals surface area contributed by atoms with Crippen LogP contribution in [0.3, 0.4) is 0 Å². The van der Waals surface area contributed by atoms with Gasteiger partial charge in [0.2, 0.25) is 5.24 Å². The van der Waals surface area contributed by atoms with Gasteiger partial charge in [0.1, 0.15) is 5.44 Å². The summed E-state index contributed by atoms with van der Waals surface area (Å²) in [6.07, 6.45) is 0.747. The number of rotatable bonds is 1. The summed E-state index contributed by atoms with van der Waals surface area (Å²) < 4.78 is 5.21. The lowest BCUT2D eigenvalue weighted by Crippen LogP contribution is -2.25. The van der Waals surface area contributed by atoms with E-state index in [0.717, 1.165) is 6.42 Å². The van der Waals surface area contributed by atoms with E-state index in [1.807, 2.05) is 6.92 Å². The van der Waals surface area contributed by atoms with E-state index in [0.29, 0.717) is 6.61 Å². The summed E-state index contributed by atoms with van der Waals surface area (Å²) in [6, 6.07) is 0. The Morgan fingerprint density at radius 3 is 2.90 bits per heavy atom. The Morgan fingerprint density at radius 1 is 1.80 bits per heavy atom. The molecule has 1 saturated heterocycles. The molecule has 1 aliphatic heterocycles. The van der Waals surface area contributed by atoms with Gasteiger partial charge >= 0.3 is 0 Å². The largest absolute Gasteiger partial charge is 0.368 e. The minimum Gasteiger partial charge on any atom is -0.368 e. The molecule has 0 aromatic carbocycles. The highest BCUT2D eigenvalue weighted by Gasteiger charge is 2.24. The van der Waals surface area contributed by atoms with Crippen LogP contribution in [0.4, 0.5) is 0 Å². The van der Waals surface area contributed by atoms with E-state index in [2.05, 4.69) is 0 Å². The van der Waals surface area contributed by atoms with Crippen molar-refractivity contribution in [3.63, 3.8) is 0 Å². The highest BCUT2D eigenvalue weighted by Crippen LogP contribution is 2.27. The number of carbonyl (C=O) groups excluding carboxylic acids is 1. The molecular weight excluding hydrogens is 172 g/mol. The molecule has 1 fully saturated rings. The molecule has 1 rings (SSSR count). The SMILES string of the molecule is CC1OCCC(C(=O)Cl)S1. The average Bonchev–Trinajstić information content (AvgIpc) is 1.88. The third-order valence-corrected chi connectivity index (χ3v) is 3.03. The molecule has 2 unspecified atom stereocenters. The van der Waals surface area contributed by atoms with Crippen molar-refractivity contribution in [1.82, 2.24) is 0 Å². The fraction of sp³-hybridized carbons (Fsp3) is 0.833. The topological polar surface area (TPSA) is 26.3 Å². The lowest BCUT2D eigenvalue weighted by molar-refractivity contribution is -0.111. The number of carbonyl (C=O) groups is 1. The smallest absolute Gasteiger partial charge is 0.234 e. The Labute approximate surface area is 69.3 Å². The highest BCUT2D eigenvalue weighted by atomic mass is 35.5. The zero-order valence-corrected chi connectivity index (χ0v) is 7.24. The first-order valence-corrected chi connectivity index (χ1v) is 4.48. The van der Waals surface area contributed by atoms with Gasteiger partial charge in [-0.25, -0.2) is 0 Å². The van der Waals surface area contributed by atoms with Crippen LogP contribution in [0, 0.1) is 0 Å². The van der Waals surface area contributed by atoms with Crippen LogP contribution in [0.1, 0.15) is 13.3 Å². The quantitative estimate of drug-likeness (QED) is 0.574. The minimum absolute atomic E-state index is 0.0505. The third kappa shape index (κ3) is 2.15. The Bertz CT molecular complexity index is 140. The van der Waals surface area contributed by atoms with E-state index in [-0.39, 0.29) is 15.9 Å². The first-order valence-electron chi connectivity index (χ1n) is 3.16. The van der Waals surface area contributed by atoms with Crippen molar-refractivity contribution >= 4 is 28.6 Å². The molecule has 0 aromatic rings. The fourth-order valence-electron chi connectivity index (χ4n) is 0.847. The molecule has 2 nitrogen and oxygen atoms in total. The fourth-order valence-corrected chi connectivity index (χ4v) is 2.09. The summed E-state index contributed by atoms with van der Waals surface area (Å²) >= 11 is 6.80. The summed E-state index contributed by atoms with van der Waals surface area (Å²) in [5.74, 6) is 0. The molecule has 0 radical (unpaired) electrons. The van der Waals surface area contributed by atoms with Gasteiger partial charge in [-0.05, 0) is 24.9 Å². The number of thioether (sulfide) groups is 1. The number of halogens is 1. The summed E-state index contributed by atoms with van der Waals surface area (Å²) in [7, 11) is 0. The second kappa shape index (κ2) is 3.60. The molecule has 0 saturated carbocycles. The summed E-state index contributed by atoms with van der Waals surface area (Å²) in [6.45, 7) is 2.58. The molecular formula is C6H9ClO2S. The van der Waals surface area contributed by atoms with E-state index in [1.54, 1.807) is 0 Å². The van der Waals surface area contributed by atoms with Gasteiger partial charge in [-0.1, -0.05) is 0 Å². The van der Waals surface area contributed by atoms with Crippen LogP contribution in [0.15, 0.2) is 0 Å². The van der Waals surface area contributed by atoms with Crippen LogP contribution in [0.2, 0.25) is 0 Å². The Morgan fingerprint density at radius 2 is 2.50 bits per heavy atom. The molecule has 10 heavy (non-hydrogen) atoms. The zero-order valence-electron chi connectivity index (χ0n) is 5.67. The Kier molecular flexibility index (Phi) is 3.01. The monoisotopic (exact) mass is 180 g/mol. The second-order valence-corrected chi connectivity index (χ2v) is 4.03. The molecule has 0 aromatic heterocycles. The Balaban J connectivity index is 2.39. The van der Waals surface area contributed by atoms with Gasteiger partial charge in [-0.2, -0.15) is 0 Å². The first kappa shape index (κ1) is 8.37. The van der Waals surface area contributed by atoms with Gasteiger partial charge in [0.15, 0.2) is 0 Å². The molecule has 58 valence electrons. The van der Waals surface area contributed by atoms with E-state index in [9.17, 15) is 4.79 Å². The van der Waals surface area contributed by atoms with Gasteiger partial charge in [0.05, 0.1) is 5.25 Å². The number of ether oxygens (including phenoxy) is 1. The molecule has 0 spiro atoms. The van der Waals surface area contributed by atoms with Crippen molar-refractivity contribution in [3.8, 4) is 0 Å². The van der Waals surface area contributed by atoms with Gasteiger partial charge in [0, 0.05) is 6.61 Å². The maximum absolute atomic E-state index is 10.6. The molecule has 2 atom stereocenters. The van der Waals surface area contributed by atoms with Gasteiger partial charge in [0.25, 0.3) is 0 Å². The standard InChI is InChI=1S/C6H9ClO2S/c1-4-9-3-2-5(10-4)6(7)8/h4-5H,2-3H2,1H3. The molecule has 0 bridgehead atoms. The molecule has 0 amide bonds. The first-order chi connectivity index (χ1) is 4.70. The highest BCUT2D eigenvalue weighted by molar-refractivity contribution is 8.01. The van der Waals surface area contributed by atoms with Gasteiger partial charge in [-0.3, -0.25) is 4.79 Å². The van der Waals surface area contributed by atoms with E-state index < -0.39 is 0 Å². The van der Waals surface area contributed by atoms with Crippen molar-refractivity contribution in [2.75, 3.05) is 6.61 Å². The van der Waals surface area contributed by atoms with E-state index in [4.69, 9.17) is 16.3 Å². The molecule has 0 N–H and O–H groups in total. The second-order valence-electron chi connectivity index (χ2n) is 2.16. The lowest BCUT2D eigenvalue weighted by atomic mass is 10.3. The van der Waals surface area contributed by atoms with Crippen molar-refractivity contribution in [3.05, 3.63) is 0 Å². The minimum atomic E-state index is -0.250. The van der Waals surface area contributed by atoms with E-state index >= 15 is 0 Å². The third-order valence-electron chi connectivity index (χ3n) is 1.34. The molecule has 1 aliphatic rings. The molecule has 1 heterocycles. The number of hydrogen-bond acceptors (Lipinski definition) is 3. The predicted molar refractivity (Wildman–Crippen MR) is 42.3 cm³/mol. The van der Waals surface area contributed by atoms with Crippen molar-refractivity contribution in [1.29, 1.82) is 0 Å². The van der Waals surface area contributed by atoms with Crippen LogP contribution in [-0.2, 0) is 9.53 Å². The Hall–Kier alpha value is 0.270. The van der Waals surface area contributed by atoms with Gasteiger partial charge < -0.3 is 4.74 Å². The van der Waals surface area contributed by atoms with E-state index in [1.165, 1.54) is 11.8 Å². The summed E-state index contributed by atoms with van der Waals surface area (Å²) in [5.41, 5.74) is 0.112. The van der Waals surface area contributed by atoms with Crippen LogP contribution < -0.4 is 0 Å². The van der Waals surface area contributed by atoms with Gasteiger partial charge in [-0.15, -0.1) is 11.8 Å². The van der Waals surface area contributed by atoms with Crippen molar-refractivity contribution in [2.24, 2.45) is 0 Å². The molecule has 0 aliphatic carbocycles. The predicted octanol–water partition coefficient (Wildman–Crippen LogP) is 1.62. The average molecular weight is 181 g/mol. The van der Waals surface area contributed by atoms with Crippen LogP contribution >= 0.6 is 23.4 Å².